The smallest absolute Gasteiger partial charge is 0.335 e. The molecule has 2 atom stereocenters. The molecule has 21 heavy (non-hydrogen) atoms. The summed E-state index contributed by atoms with van der Waals surface area (Å²) >= 11 is 0. The highest BCUT2D eigenvalue weighted by Crippen LogP contribution is 2.18. The highest BCUT2D eigenvalue weighted by molar-refractivity contribution is 5.87. The van der Waals surface area contributed by atoms with Gasteiger partial charge >= 0.3 is 5.97 Å². The molecular weight excluding hydrogens is 262 g/mol. The summed E-state index contributed by atoms with van der Waals surface area (Å²) in [5, 5.41) is 12.4. The molecule has 0 aliphatic carbocycles. The highest BCUT2D eigenvalue weighted by atomic mass is 16.4. The molecule has 0 fully saturated rings. The van der Waals surface area contributed by atoms with Gasteiger partial charge in [0.15, 0.2) is 0 Å². The molecule has 2 aromatic rings. The van der Waals surface area contributed by atoms with Crippen LogP contribution in [0.2, 0.25) is 0 Å². The summed E-state index contributed by atoms with van der Waals surface area (Å²) in [5.41, 5.74) is 2.73. The average molecular weight is 283 g/mol. The number of carbonyl (C=O) groups is 1. The zero-order valence-corrected chi connectivity index (χ0v) is 12.4. The van der Waals surface area contributed by atoms with E-state index >= 15 is 0 Å². The molecule has 3 heteroatoms. The molecule has 0 heterocycles. The zero-order valence-electron chi connectivity index (χ0n) is 12.4. The Morgan fingerprint density at radius 2 is 1.67 bits per heavy atom. The minimum Gasteiger partial charge on any atom is -0.478 e. The monoisotopic (exact) mass is 283 g/mol. The van der Waals surface area contributed by atoms with Crippen molar-refractivity contribution >= 4 is 5.97 Å². The zero-order chi connectivity index (χ0) is 15.2. The van der Waals surface area contributed by atoms with Gasteiger partial charge in [-0.2, -0.15) is 0 Å². The van der Waals surface area contributed by atoms with E-state index in [1.807, 2.05) is 18.2 Å². The lowest BCUT2D eigenvalue weighted by molar-refractivity contribution is 0.0697. The van der Waals surface area contributed by atoms with Crippen molar-refractivity contribution in [1.29, 1.82) is 0 Å². The SMILES string of the molecule is C[C@H](c1ccccc1)[C@@H](C)NCc1ccc(C(=O)O)cc1. The molecule has 2 N–H and O–H groups in total. The molecule has 0 saturated carbocycles. The third kappa shape index (κ3) is 4.17. The molecule has 0 aliphatic heterocycles. The van der Waals surface area contributed by atoms with Crippen LogP contribution in [0.3, 0.4) is 0 Å². The second-order valence-electron chi connectivity index (χ2n) is 5.37. The van der Waals surface area contributed by atoms with Gasteiger partial charge in [-0.3, -0.25) is 0 Å². The molecule has 0 aliphatic rings. The number of carboxylic acid groups (broad SMARTS) is 1. The summed E-state index contributed by atoms with van der Waals surface area (Å²) in [6.45, 7) is 5.11. The first-order valence-electron chi connectivity index (χ1n) is 7.18. The Balaban J connectivity index is 1.91. The maximum Gasteiger partial charge on any atom is 0.335 e. The van der Waals surface area contributed by atoms with Crippen LogP contribution in [0.5, 0.6) is 0 Å². The summed E-state index contributed by atoms with van der Waals surface area (Å²) in [4.78, 5) is 10.8. The van der Waals surface area contributed by atoms with Crippen molar-refractivity contribution in [3.05, 3.63) is 71.3 Å². The van der Waals surface area contributed by atoms with Gasteiger partial charge in [-0.05, 0) is 36.1 Å². The molecule has 0 radical (unpaired) electrons. The molecule has 0 bridgehead atoms. The molecule has 110 valence electrons. The van der Waals surface area contributed by atoms with Gasteiger partial charge in [0, 0.05) is 12.6 Å². The van der Waals surface area contributed by atoms with Gasteiger partial charge in [0.1, 0.15) is 0 Å². The van der Waals surface area contributed by atoms with Gasteiger partial charge in [-0.15, -0.1) is 0 Å². The summed E-state index contributed by atoms with van der Waals surface area (Å²) < 4.78 is 0. The number of nitrogens with one attached hydrogen (secondary N) is 1. The van der Waals surface area contributed by atoms with E-state index < -0.39 is 5.97 Å². The molecule has 2 aromatic carbocycles. The summed E-state index contributed by atoms with van der Waals surface area (Å²) in [6, 6.07) is 17.8. The fraction of sp³-hybridized carbons (Fsp3) is 0.278. The maximum atomic E-state index is 10.8. The first-order valence-corrected chi connectivity index (χ1v) is 7.18. The Bertz CT molecular complexity index is 578. The van der Waals surface area contributed by atoms with Gasteiger partial charge < -0.3 is 10.4 Å². The number of aromatic carboxylic acids is 1. The number of hydrogen-bond acceptors (Lipinski definition) is 2. The van der Waals surface area contributed by atoms with Gasteiger partial charge in [0.25, 0.3) is 0 Å². The second-order valence-corrected chi connectivity index (χ2v) is 5.37. The van der Waals surface area contributed by atoms with E-state index in [2.05, 4.69) is 43.4 Å². The summed E-state index contributed by atoms with van der Waals surface area (Å²) in [5.74, 6) is -0.468. The quantitative estimate of drug-likeness (QED) is 0.850. The van der Waals surface area contributed by atoms with Crippen LogP contribution >= 0.6 is 0 Å². The van der Waals surface area contributed by atoms with E-state index in [9.17, 15) is 4.79 Å². The molecule has 0 unspecified atom stereocenters. The van der Waals surface area contributed by atoms with E-state index in [0.29, 0.717) is 17.5 Å². The van der Waals surface area contributed by atoms with E-state index in [4.69, 9.17) is 5.11 Å². The Kier molecular flexibility index (Phi) is 5.12. The standard InChI is InChI=1S/C18H21NO2/c1-13(16-6-4-3-5-7-16)14(2)19-12-15-8-10-17(11-9-15)18(20)21/h3-11,13-14,19H,12H2,1-2H3,(H,20,21)/t13-,14+/m0/s1. The average Bonchev–Trinajstić information content (AvgIpc) is 2.53. The van der Waals surface area contributed by atoms with Crippen LogP contribution in [0.15, 0.2) is 54.6 Å². The number of hydrogen-bond donors (Lipinski definition) is 2. The van der Waals surface area contributed by atoms with Gasteiger partial charge in [-0.1, -0.05) is 49.4 Å². The van der Waals surface area contributed by atoms with Gasteiger partial charge in [0.2, 0.25) is 0 Å². The molecule has 0 spiro atoms. The number of rotatable bonds is 6. The minimum absolute atomic E-state index is 0.324. The van der Waals surface area contributed by atoms with Crippen molar-refractivity contribution in [3.8, 4) is 0 Å². The highest BCUT2D eigenvalue weighted by Gasteiger charge is 2.13. The van der Waals surface area contributed by atoms with Gasteiger partial charge in [-0.25, -0.2) is 4.79 Å². The van der Waals surface area contributed by atoms with Crippen molar-refractivity contribution in [2.75, 3.05) is 0 Å². The van der Waals surface area contributed by atoms with Crippen LogP contribution < -0.4 is 5.32 Å². The molecule has 0 aromatic heterocycles. The van der Waals surface area contributed by atoms with Crippen LogP contribution in [0.1, 0.15) is 41.3 Å². The Morgan fingerprint density at radius 3 is 2.24 bits per heavy atom. The van der Waals surface area contributed by atoms with Crippen LogP contribution in [0, 0.1) is 0 Å². The van der Waals surface area contributed by atoms with Crippen molar-refractivity contribution in [3.63, 3.8) is 0 Å². The number of benzene rings is 2. The minimum atomic E-state index is -0.888. The van der Waals surface area contributed by atoms with Crippen LogP contribution in [0.4, 0.5) is 0 Å². The lowest BCUT2D eigenvalue weighted by Crippen LogP contribution is -2.30. The van der Waals surface area contributed by atoms with Crippen molar-refractivity contribution in [2.24, 2.45) is 0 Å². The molecular formula is C18H21NO2. The predicted molar refractivity (Wildman–Crippen MR) is 84.6 cm³/mol. The third-order valence-corrected chi connectivity index (χ3v) is 3.90. The molecule has 0 saturated heterocycles. The normalized spacial score (nSPS) is 13.6. The van der Waals surface area contributed by atoms with Crippen molar-refractivity contribution in [1.82, 2.24) is 5.32 Å². The largest absolute Gasteiger partial charge is 0.478 e. The summed E-state index contributed by atoms with van der Waals surface area (Å²) in [7, 11) is 0. The fourth-order valence-electron chi connectivity index (χ4n) is 2.27. The Labute approximate surface area is 125 Å². The van der Waals surface area contributed by atoms with Crippen LogP contribution in [-0.2, 0) is 6.54 Å². The van der Waals surface area contributed by atoms with Crippen LogP contribution in [-0.4, -0.2) is 17.1 Å². The summed E-state index contributed by atoms with van der Waals surface area (Å²) in [6.07, 6.45) is 0. The first-order chi connectivity index (χ1) is 10.1. The van der Waals surface area contributed by atoms with E-state index in [1.165, 1.54) is 5.56 Å². The molecule has 3 nitrogen and oxygen atoms in total. The van der Waals surface area contributed by atoms with E-state index in [0.717, 1.165) is 12.1 Å². The van der Waals surface area contributed by atoms with E-state index in [1.54, 1.807) is 12.1 Å². The number of carboxylic acids is 1. The van der Waals surface area contributed by atoms with Crippen molar-refractivity contribution in [2.45, 2.75) is 32.4 Å². The first kappa shape index (κ1) is 15.3. The Hall–Kier alpha value is -2.13. The fourth-order valence-corrected chi connectivity index (χ4v) is 2.27. The van der Waals surface area contributed by atoms with Gasteiger partial charge in [0.05, 0.1) is 5.56 Å². The lowest BCUT2D eigenvalue weighted by atomic mass is 9.94. The third-order valence-electron chi connectivity index (χ3n) is 3.90. The lowest BCUT2D eigenvalue weighted by Gasteiger charge is -2.22. The second kappa shape index (κ2) is 7.04. The topological polar surface area (TPSA) is 49.3 Å². The van der Waals surface area contributed by atoms with Crippen molar-refractivity contribution < 1.29 is 9.90 Å². The maximum absolute atomic E-state index is 10.8. The Morgan fingerprint density at radius 1 is 1.05 bits per heavy atom. The molecule has 0 amide bonds. The molecule has 2 rings (SSSR count). The predicted octanol–water partition coefficient (Wildman–Crippen LogP) is 3.67. The van der Waals surface area contributed by atoms with E-state index in [-0.39, 0.29) is 0 Å². The van der Waals surface area contributed by atoms with Crippen LogP contribution in [0.25, 0.3) is 0 Å².